The van der Waals surface area contributed by atoms with E-state index in [1.165, 1.54) is 0 Å². The molecule has 2 amide bonds. The number of carbonyl (C=O) groups excluding carboxylic acids is 2. The lowest BCUT2D eigenvalue weighted by molar-refractivity contribution is -0.127. The zero-order chi connectivity index (χ0) is 16.0. The molecule has 0 unspecified atom stereocenters. The Kier molecular flexibility index (Phi) is 5.79. The smallest absolute Gasteiger partial charge is 0.240 e. The van der Waals surface area contributed by atoms with Crippen LogP contribution in [-0.2, 0) is 16.0 Å². The number of amides is 2. The Hall–Kier alpha value is -2.49. The van der Waals surface area contributed by atoms with E-state index in [2.05, 4.69) is 5.32 Å². The second-order valence-corrected chi connectivity index (χ2v) is 4.74. The summed E-state index contributed by atoms with van der Waals surface area (Å²) in [7, 11) is 0. The molecule has 0 aliphatic carbocycles. The molecule has 0 spiro atoms. The number of nitrogens with two attached hydrogens (primary N) is 1. The van der Waals surface area contributed by atoms with Crippen LogP contribution in [0.3, 0.4) is 0 Å². The Morgan fingerprint density at radius 3 is 2.38 bits per heavy atom. The number of nitrogens with zero attached hydrogens (tertiary/aromatic N) is 1. The van der Waals surface area contributed by atoms with Crippen molar-refractivity contribution >= 4 is 11.8 Å². The molecule has 0 heterocycles. The van der Waals surface area contributed by atoms with Crippen LogP contribution in [0.5, 0.6) is 0 Å². The number of halogens is 2. The lowest BCUT2D eigenvalue weighted by atomic mass is 10.0. The van der Waals surface area contributed by atoms with Gasteiger partial charge in [0.25, 0.3) is 0 Å². The van der Waals surface area contributed by atoms with Gasteiger partial charge in [-0.15, -0.1) is 0 Å². The van der Waals surface area contributed by atoms with E-state index >= 15 is 0 Å². The molecular formula is C14H15F2N3O2. The second-order valence-electron chi connectivity index (χ2n) is 4.74. The Balaban J connectivity index is 2.70. The molecule has 0 saturated carbocycles. The summed E-state index contributed by atoms with van der Waals surface area (Å²) in [6.07, 6.45) is -0.214. The fraction of sp³-hybridized carbons (Fsp3) is 0.357. The van der Waals surface area contributed by atoms with Gasteiger partial charge in [0.1, 0.15) is 17.7 Å². The maximum absolute atomic E-state index is 13.0. The second kappa shape index (κ2) is 7.33. The van der Waals surface area contributed by atoms with Crippen molar-refractivity contribution in [2.75, 3.05) is 0 Å². The molecule has 1 aromatic carbocycles. The van der Waals surface area contributed by atoms with Crippen LogP contribution >= 0.6 is 0 Å². The standard InChI is InChI=1S/C14H15F2N3O2/c1-8(7-17)2-12(14(18)21)19-13(20)5-9-3-10(15)6-11(16)4-9/h3-4,6,8,12H,2,5H2,1H3,(H2,18,21)(H,19,20)/t8-,12+/m1/s1. The zero-order valence-electron chi connectivity index (χ0n) is 11.4. The molecule has 0 bridgehead atoms. The van der Waals surface area contributed by atoms with E-state index < -0.39 is 35.4 Å². The van der Waals surface area contributed by atoms with Crippen molar-refractivity contribution in [1.82, 2.24) is 5.32 Å². The van der Waals surface area contributed by atoms with Gasteiger partial charge in [0, 0.05) is 12.0 Å². The number of hydrogen-bond donors (Lipinski definition) is 2. The molecule has 112 valence electrons. The molecule has 3 N–H and O–H groups in total. The third-order valence-corrected chi connectivity index (χ3v) is 2.78. The zero-order valence-corrected chi connectivity index (χ0v) is 11.4. The van der Waals surface area contributed by atoms with Gasteiger partial charge in [0.15, 0.2) is 0 Å². The van der Waals surface area contributed by atoms with Gasteiger partial charge in [0.2, 0.25) is 11.8 Å². The summed E-state index contributed by atoms with van der Waals surface area (Å²) in [4.78, 5) is 23.0. The third kappa shape index (κ3) is 5.57. The number of nitriles is 1. The molecule has 5 nitrogen and oxygen atoms in total. The highest BCUT2D eigenvalue weighted by Gasteiger charge is 2.21. The van der Waals surface area contributed by atoms with Crippen molar-refractivity contribution in [3.63, 3.8) is 0 Å². The molecule has 0 saturated heterocycles. The van der Waals surface area contributed by atoms with Crippen LogP contribution in [0.15, 0.2) is 18.2 Å². The molecule has 7 heteroatoms. The first-order valence-electron chi connectivity index (χ1n) is 6.25. The Morgan fingerprint density at radius 1 is 1.33 bits per heavy atom. The maximum Gasteiger partial charge on any atom is 0.240 e. The summed E-state index contributed by atoms with van der Waals surface area (Å²) in [6, 6.07) is 3.69. The lowest BCUT2D eigenvalue weighted by Gasteiger charge is -2.16. The van der Waals surface area contributed by atoms with Gasteiger partial charge < -0.3 is 11.1 Å². The van der Waals surface area contributed by atoms with Crippen LogP contribution in [0.1, 0.15) is 18.9 Å². The predicted octanol–water partition coefficient (Wildman–Crippen LogP) is 1.03. The molecule has 0 radical (unpaired) electrons. The maximum atomic E-state index is 13.0. The average Bonchev–Trinajstić information content (AvgIpc) is 2.36. The van der Waals surface area contributed by atoms with Crippen molar-refractivity contribution in [2.24, 2.45) is 11.7 Å². The van der Waals surface area contributed by atoms with Gasteiger partial charge in [-0.2, -0.15) is 5.26 Å². The lowest BCUT2D eigenvalue weighted by Crippen LogP contribution is -2.45. The summed E-state index contributed by atoms with van der Waals surface area (Å²) in [5.41, 5.74) is 5.29. The van der Waals surface area contributed by atoms with Crippen LogP contribution in [0.25, 0.3) is 0 Å². The number of rotatable bonds is 6. The summed E-state index contributed by atoms with van der Waals surface area (Å²) in [5, 5.41) is 11.1. The van der Waals surface area contributed by atoms with Crippen LogP contribution in [0, 0.1) is 28.9 Å². The third-order valence-electron chi connectivity index (χ3n) is 2.78. The molecule has 0 aromatic heterocycles. The van der Waals surface area contributed by atoms with E-state index in [4.69, 9.17) is 11.0 Å². The van der Waals surface area contributed by atoms with Crippen molar-refractivity contribution in [2.45, 2.75) is 25.8 Å². The van der Waals surface area contributed by atoms with Gasteiger partial charge >= 0.3 is 0 Å². The largest absolute Gasteiger partial charge is 0.368 e. The molecule has 0 aliphatic rings. The molecular weight excluding hydrogens is 280 g/mol. The van der Waals surface area contributed by atoms with Crippen molar-refractivity contribution in [1.29, 1.82) is 5.26 Å². The first kappa shape index (κ1) is 16.6. The summed E-state index contributed by atoms with van der Waals surface area (Å²) < 4.78 is 26.0. The van der Waals surface area contributed by atoms with Crippen LogP contribution < -0.4 is 11.1 Å². The van der Waals surface area contributed by atoms with E-state index in [1.807, 2.05) is 6.07 Å². The topological polar surface area (TPSA) is 96.0 Å². The van der Waals surface area contributed by atoms with Gasteiger partial charge in [0.05, 0.1) is 12.5 Å². The van der Waals surface area contributed by atoms with Crippen molar-refractivity contribution in [3.8, 4) is 6.07 Å². The minimum Gasteiger partial charge on any atom is -0.368 e. The van der Waals surface area contributed by atoms with Crippen molar-refractivity contribution < 1.29 is 18.4 Å². The first-order valence-corrected chi connectivity index (χ1v) is 6.25. The summed E-state index contributed by atoms with van der Waals surface area (Å²) in [5.74, 6) is -3.41. The summed E-state index contributed by atoms with van der Waals surface area (Å²) in [6.45, 7) is 1.59. The van der Waals surface area contributed by atoms with E-state index in [1.54, 1.807) is 6.92 Å². The molecule has 21 heavy (non-hydrogen) atoms. The number of hydrogen-bond acceptors (Lipinski definition) is 3. The quantitative estimate of drug-likeness (QED) is 0.820. The number of primary amides is 1. The molecule has 1 aromatic rings. The fourth-order valence-corrected chi connectivity index (χ4v) is 1.80. The Labute approximate surface area is 120 Å². The first-order chi connectivity index (χ1) is 9.81. The fourth-order valence-electron chi connectivity index (χ4n) is 1.80. The average molecular weight is 295 g/mol. The highest BCUT2D eigenvalue weighted by molar-refractivity contribution is 5.87. The normalized spacial score (nSPS) is 13.0. The monoisotopic (exact) mass is 295 g/mol. The Bertz CT molecular complexity index is 564. The molecule has 0 fully saturated rings. The number of benzene rings is 1. The highest BCUT2D eigenvalue weighted by Crippen LogP contribution is 2.09. The minimum atomic E-state index is -0.995. The van der Waals surface area contributed by atoms with Gasteiger partial charge in [-0.25, -0.2) is 8.78 Å². The van der Waals surface area contributed by atoms with Crippen LogP contribution in [0.4, 0.5) is 8.78 Å². The van der Waals surface area contributed by atoms with E-state index in [-0.39, 0.29) is 18.4 Å². The molecule has 2 atom stereocenters. The van der Waals surface area contributed by atoms with Gasteiger partial charge in [-0.1, -0.05) is 0 Å². The van der Waals surface area contributed by atoms with E-state index in [0.29, 0.717) is 6.07 Å². The minimum absolute atomic E-state index is 0.0785. The molecule has 1 rings (SSSR count). The van der Waals surface area contributed by atoms with Crippen LogP contribution in [0.2, 0.25) is 0 Å². The highest BCUT2D eigenvalue weighted by atomic mass is 19.1. The summed E-state index contributed by atoms with van der Waals surface area (Å²) >= 11 is 0. The molecule has 0 aliphatic heterocycles. The van der Waals surface area contributed by atoms with Crippen LogP contribution in [-0.4, -0.2) is 17.9 Å². The van der Waals surface area contributed by atoms with E-state index in [0.717, 1.165) is 12.1 Å². The van der Waals surface area contributed by atoms with Crippen molar-refractivity contribution in [3.05, 3.63) is 35.4 Å². The SMILES string of the molecule is C[C@@H](C#N)C[C@H](NC(=O)Cc1cc(F)cc(F)c1)C(N)=O. The Morgan fingerprint density at radius 2 is 1.90 bits per heavy atom. The van der Waals surface area contributed by atoms with Gasteiger partial charge in [-0.3, -0.25) is 9.59 Å². The number of carbonyl (C=O) groups is 2. The van der Waals surface area contributed by atoms with E-state index in [9.17, 15) is 18.4 Å². The van der Waals surface area contributed by atoms with Gasteiger partial charge in [-0.05, 0) is 31.0 Å². The predicted molar refractivity (Wildman–Crippen MR) is 70.6 cm³/mol. The number of nitrogens with one attached hydrogen (secondary N) is 1.